The number of morpholine rings is 1. The Morgan fingerprint density at radius 2 is 1.97 bits per heavy atom. The number of hydrogen-bond acceptors (Lipinski definition) is 7. The summed E-state index contributed by atoms with van der Waals surface area (Å²) in [6, 6.07) is 6.12. The average molecular weight is 426 g/mol. The fourth-order valence-electron chi connectivity index (χ4n) is 4.11. The van der Waals surface area contributed by atoms with Gasteiger partial charge in [0.15, 0.2) is 5.82 Å². The number of piperidine rings is 1. The van der Waals surface area contributed by atoms with Gasteiger partial charge in [-0.3, -0.25) is 10.2 Å². The lowest BCUT2D eigenvalue weighted by Gasteiger charge is -2.42. The monoisotopic (exact) mass is 426 g/mol. The van der Waals surface area contributed by atoms with Crippen LogP contribution in [0, 0.1) is 0 Å². The van der Waals surface area contributed by atoms with E-state index in [0.29, 0.717) is 31.3 Å². The maximum Gasteiger partial charge on any atom is 0.573 e. The van der Waals surface area contributed by atoms with Gasteiger partial charge in [-0.1, -0.05) is 24.2 Å². The van der Waals surface area contributed by atoms with Crippen molar-refractivity contribution in [2.24, 2.45) is 0 Å². The predicted molar refractivity (Wildman–Crippen MR) is 101 cm³/mol. The molecule has 1 aromatic heterocycles. The molecular formula is C20H25F3N4O3. The van der Waals surface area contributed by atoms with Gasteiger partial charge in [-0.15, -0.1) is 13.2 Å². The van der Waals surface area contributed by atoms with E-state index in [1.165, 1.54) is 12.1 Å². The molecule has 10 heteroatoms. The van der Waals surface area contributed by atoms with Crippen LogP contribution in [0.5, 0.6) is 5.75 Å². The molecule has 2 saturated heterocycles. The van der Waals surface area contributed by atoms with Crippen molar-refractivity contribution in [3.05, 3.63) is 41.5 Å². The van der Waals surface area contributed by atoms with Crippen molar-refractivity contribution in [1.29, 1.82) is 0 Å². The van der Waals surface area contributed by atoms with Crippen molar-refractivity contribution in [1.82, 2.24) is 20.4 Å². The summed E-state index contributed by atoms with van der Waals surface area (Å²) in [5, 5.41) is 7.50. The first-order chi connectivity index (χ1) is 14.4. The van der Waals surface area contributed by atoms with E-state index in [2.05, 4.69) is 25.1 Å². The molecular weight excluding hydrogens is 401 g/mol. The summed E-state index contributed by atoms with van der Waals surface area (Å²) in [5.41, 5.74) is 0.950. The smallest absolute Gasteiger partial charge is 0.406 e. The SMILES string of the molecule is CCc1noc(C2CC(c3ccc(OC(F)(F)F)cc3)CN(C3COCCN3)C2)n1. The van der Waals surface area contributed by atoms with Gasteiger partial charge in [-0.05, 0) is 30.0 Å². The van der Waals surface area contributed by atoms with Gasteiger partial charge in [-0.2, -0.15) is 4.98 Å². The number of benzene rings is 1. The summed E-state index contributed by atoms with van der Waals surface area (Å²) in [4.78, 5) is 6.81. The maximum atomic E-state index is 12.5. The molecule has 2 aliphatic heterocycles. The van der Waals surface area contributed by atoms with Gasteiger partial charge in [0.25, 0.3) is 0 Å². The molecule has 30 heavy (non-hydrogen) atoms. The van der Waals surface area contributed by atoms with Gasteiger partial charge in [0.2, 0.25) is 5.89 Å². The Labute approximate surface area is 172 Å². The van der Waals surface area contributed by atoms with Gasteiger partial charge in [0.1, 0.15) is 5.75 Å². The van der Waals surface area contributed by atoms with Crippen LogP contribution >= 0.6 is 0 Å². The van der Waals surface area contributed by atoms with Gasteiger partial charge in [-0.25, -0.2) is 0 Å². The largest absolute Gasteiger partial charge is 0.573 e. The lowest BCUT2D eigenvalue weighted by Crippen LogP contribution is -2.56. The Balaban J connectivity index is 1.54. The second-order valence-corrected chi connectivity index (χ2v) is 7.65. The van der Waals surface area contributed by atoms with Crippen molar-refractivity contribution in [2.45, 2.75) is 44.1 Å². The number of alkyl halides is 3. The molecule has 2 aromatic rings. The van der Waals surface area contributed by atoms with E-state index < -0.39 is 6.36 Å². The van der Waals surface area contributed by atoms with E-state index in [1.807, 2.05) is 6.92 Å². The Morgan fingerprint density at radius 3 is 2.60 bits per heavy atom. The summed E-state index contributed by atoms with van der Waals surface area (Å²) < 4.78 is 52.5. The van der Waals surface area contributed by atoms with Crippen molar-refractivity contribution < 1.29 is 27.2 Å². The number of ether oxygens (including phenoxy) is 2. The predicted octanol–water partition coefficient (Wildman–Crippen LogP) is 3.05. The number of nitrogens with one attached hydrogen (secondary N) is 1. The maximum absolute atomic E-state index is 12.5. The molecule has 0 amide bonds. The number of rotatable bonds is 5. The molecule has 2 fully saturated rings. The summed E-state index contributed by atoms with van der Waals surface area (Å²) in [5.74, 6) is 1.19. The summed E-state index contributed by atoms with van der Waals surface area (Å²) >= 11 is 0. The van der Waals surface area contributed by atoms with E-state index in [1.54, 1.807) is 12.1 Å². The molecule has 4 rings (SSSR count). The van der Waals surface area contributed by atoms with E-state index in [-0.39, 0.29) is 23.8 Å². The van der Waals surface area contributed by atoms with Crippen LogP contribution in [0.2, 0.25) is 0 Å². The number of aryl methyl sites for hydroxylation is 1. The quantitative estimate of drug-likeness (QED) is 0.788. The number of nitrogens with zero attached hydrogens (tertiary/aromatic N) is 3. The molecule has 3 atom stereocenters. The van der Waals surface area contributed by atoms with Crippen LogP contribution < -0.4 is 10.1 Å². The Bertz CT molecular complexity index is 821. The highest BCUT2D eigenvalue weighted by atomic mass is 19.4. The normalized spacial score (nSPS) is 25.9. The minimum atomic E-state index is -4.70. The van der Waals surface area contributed by atoms with Gasteiger partial charge < -0.3 is 14.0 Å². The molecule has 2 aliphatic rings. The van der Waals surface area contributed by atoms with Crippen LogP contribution in [0.1, 0.15) is 42.5 Å². The average Bonchev–Trinajstić information content (AvgIpc) is 3.23. The fourth-order valence-corrected chi connectivity index (χ4v) is 4.11. The van der Waals surface area contributed by atoms with Gasteiger partial charge >= 0.3 is 6.36 Å². The number of aromatic nitrogens is 2. The summed E-state index contributed by atoms with van der Waals surface area (Å²) in [7, 11) is 0. The molecule has 1 N–H and O–H groups in total. The van der Waals surface area contributed by atoms with Crippen LogP contribution in [-0.4, -0.2) is 60.4 Å². The van der Waals surface area contributed by atoms with E-state index >= 15 is 0 Å². The first kappa shape index (κ1) is 21.1. The molecule has 3 unspecified atom stereocenters. The van der Waals surface area contributed by atoms with E-state index in [4.69, 9.17) is 9.26 Å². The Kier molecular flexibility index (Phi) is 6.26. The van der Waals surface area contributed by atoms with Crippen LogP contribution in [0.4, 0.5) is 13.2 Å². The van der Waals surface area contributed by atoms with Crippen molar-refractivity contribution in [3.8, 4) is 5.75 Å². The van der Waals surface area contributed by atoms with Crippen molar-refractivity contribution in [2.75, 3.05) is 32.8 Å². The molecule has 7 nitrogen and oxygen atoms in total. The molecule has 3 heterocycles. The second kappa shape index (κ2) is 8.91. The molecule has 0 bridgehead atoms. The Morgan fingerprint density at radius 1 is 1.20 bits per heavy atom. The van der Waals surface area contributed by atoms with Crippen LogP contribution in [0.25, 0.3) is 0 Å². The highest BCUT2D eigenvalue weighted by molar-refractivity contribution is 5.30. The van der Waals surface area contributed by atoms with Crippen LogP contribution in [0.3, 0.4) is 0 Å². The van der Waals surface area contributed by atoms with Crippen LogP contribution in [0.15, 0.2) is 28.8 Å². The zero-order chi connectivity index (χ0) is 21.1. The molecule has 0 aliphatic carbocycles. The third-order valence-electron chi connectivity index (χ3n) is 5.56. The third kappa shape index (κ3) is 5.11. The molecule has 164 valence electrons. The zero-order valence-electron chi connectivity index (χ0n) is 16.7. The Hall–Kier alpha value is -2.17. The minimum absolute atomic E-state index is 0.0337. The first-order valence-corrected chi connectivity index (χ1v) is 10.1. The number of hydrogen-bond donors (Lipinski definition) is 1. The lowest BCUT2D eigenvalue weighted by atomic mass is 9.84. The van der Waals surface area contributed by atoms with Gasteiger partial charge in [0.05, 0.1) is 25.3 Å². The summed E-state index contributed by atoms with van der Waals surface area (Å²) in [6.07, 6.45) is -3.15. The molecule has 0 spiro atoms. The number of halogens is 3. The molecule has 1 aromatic carbocycles. The van der Waals surface area contributed by atoms with E-state index in [0.717, 1.165) is 31.6 Å². The van der Waals surface area contributed by atoms with Gasteiger partial charge in [0, 0.05) is 26.1 Å². The number of likely N-dealkylation sites (tertiary alicyclic amines) is 1. The highest BCUT2D eigenvalue weighted by Gasteiger charge is 2.36. The molecule has 0 saturated carbocycles. The third-order valence-corrected chi connectivity index (χ3v) is 5.56. The topological polar surface area (TPSA) is 72.7 Å². The van der Waals surface area contributed by atoms with Crippen molar-refractivity contribution >= 4 is 0 Å². The molecule has 0 radical (unpaired) electrons. The van der Waals surface area contributed by atoms with Crippen LogP contribution in [-0.2, 0) is 11.2 Å². The lowest BCUT2D eigenvalue weighted by molar-refractivity contribution is -0.274. The second-order valence-electron chi connectivity index (χ2n) is 7.65. The fraction of sp³-hybridized carbons (Fsp3) is 0.600. The summed E-state index contributed by atoms with van der Waals surface area (Å²) in [6.45, 7) is 5.52. The first-order valence-electron chi connectivity index (χ1n) is 10.1. The zero-order valence-corrected chi connectivity index (χ0v) is 16.7. The highest BCUT2D eigenvalue weighted by Crippen LogP contribution is 2.37. The minimum Gasteiger partial charge on any atom is -0.406 e. The standard InChI is InChI=1S/C20H25F3N4O3/c1-2-17-25-19(30-26-17)15-9-14(10-27(11-15)18-12-28-8-7-24-18)13-3-5-16(6-4-13)29-20(21,22)23/h3-6,14-15,18,24H,2,7-12H2,1H3. The van der Waals surface area contributed by atoms with E-state index in [9.17, 15) is 13.2 Å². The van der Waals surface area contributed by atoms with Crippen molar-refractivity contribution in [3.63, 3.8) is 0 Å².